The molecule has 0 bridgehead atoms. The SMILES string of the molecule is COc1cc2nccc(ONc3cccc(F)c3)c2cc1OC. The van der Waals surface area contributed by atoms with Crippen molar-refractivity contribution in [1.29, 1.82) is 0 Å². The number of nitrogens with one attached hydrogen (secondary N) is 1. The van der Waals surface area contributed by atoms with Crippen LogP contribution >= 0.6 is 0 Å². The summed E-state index contributed by atoms with van der Waals surface area (Å²) < 4.78 is 23.8. The van der Waals surface area contributed by atoms with E-state index in [4.69, 9.17) is 14.3 Å². The molecule has 0 radical (unpaired) electrons. The summed E-state index contributed by atoms with van der Waals surface area (Å²) >= 11 is 0. The van der Waals surface area contributed by atoms with E-state index in [1.165, 1.54) is 12.1 Å². The fourth-order valence-electron chi connectivity index (χ4n) is 2.20. The summed E-state index contributed by atoms with van der Waals surface area (Å²) in [5.41, 5.74) is 3.93. The Hall–Kier alpha value is -3.02. The van der Waals surface area contributed by atoms with Gasteiger partial charge in [-0.15, -0.1) is 0 Å². The van der Waals surface area contributed by atoms with Gasteiger partial charge < -0.3 is 14.3 Å². The molecule has 1 N–H and O–H groups in total. The zero-order chi connectivity index (χ0) is 16.2. The summed E-state index contributed by atoms with van der Waals surface area (Å²) in [7, 11) is 3.13. The maximum absolute atomic E-state index is 13.2. The number of ether oxygens (including phenoxy) is 2. The van der Waals surface area contributed by atoms with Crippen molar-refractivity contribution >= 4 is 16.6 Å². The van der Waals surface area contributed by atoms with E-state index in [1.54, 1.807) is 50.7 Å². The first kappa shape index (κ1) is 14.9. The van der Waals surface area contributed by atoms with E-state index in [1.807, 2.05) is 0 Å². The van der Waals surface area contributed by atoms with Gasteiger partial charge in [0.1, 0.15) is 5.82 Å². The number of nitrogens with zero attached hydrogens (tertiary/aromatic N) is 1. The van der Waals surface area contributed by atoms with Gasteiger partial charge in [-0.25, -0.2) is 9.87 Å². The molecular formula is C17H15FN2O3. The van der Waals surface area contributed by atoms with Gasteiger partial charge in [0, 0.05) is 29.8 Å². The smallest absolute Gasteiger partial charge is 0.166 e. The van der Waals surface area contributed by atoms with Gasteiger partial charge in [0.05, 0.1) is 25.4 Å². The zero-order valence-corrected chi connectivity index (χ0v) is 12.7. The average Bonchev–Trinajstić information content (AvgIpc) is 2.58. The Balaban J connectivity index is 1.94. The number of hydrogen-bond acceptors (Lipinski definition) is 5. The van der Waals surface area contributed by atoms with Crippen LogP contribution in [0.2, 0.25) is 0 Å². The van der Waals surface area contributed by atoms with E-state index >= 15 is 0 Å². The molecule has 0 spiro atoms. The Kier molecular flexibility index (Phi) is 4.14. The lowest BCUT2D eigenvalue weighted by Crippen LogP contribution is -2.05. The number of anilines is 1. The highest BCUT2D eigenvalue weighted by Gasteiger charge is 2.11. The van der Waals surface area contributed by atoms with Gasteiger partial charge in [-0.05, 0) is 18.2 Å². The summed E-state index contributed by atoms with van der Waals surface area (Å²) in [5, 5.41) is 0.744. The maximum atomic E-state index is 13.2. The van der Waals surface area contributed by atoms with Crippen LogP contribution in [0, 0.1) is 5.82 Å². The van der Waals surface area contributed by atoms with Crippen molar-refractivity contribution in [3.8, 4) is 17.2 Å². The van der Waals surface area contributed by atoms with Gasteiger partial charge in [0.25, 0.3) is 0 Å². The lowest BCUT2D eigenvalue weighted by Gasteiger charge is -2.13. The predicted molar refractivity (Wildman–Crippen MR) is 85.5 cm³/mol. The Bertz CT molecular complexity index is 839. The molecule has 23 heavy (non-hydrogen) atoms. The lowest BCUT2D eigenvalue weighted by atomic mass is 10.2. The van der Waals surface area contributed by atoms with Crippen LogP contribution in [0.3, 0.4) is 0 Å². The number of halogens is 1. The third-order valence-electron chi connectivity index (χ3n) is 3.31. The zero-order valence-electron chi connectivity index (χ0n) is 12.7. The van der Waals surface area contributed by atoms with Crippen molar-refractivity contribution < 1.29 is 18.7 Å². The number of benzene rings is 2. The molecule has 0 amide bonds. The molecule has 0 aliphatic heterocycles. The van der Waals surface area contributed by atoms with Crippen LogP contribution in [0.15, 0.2) is 48.7 Å². The molecule has 1 heterocycles. The summed E-state index contributed by atoms with van der Waals surface area (Å²) in [6, 6.07) is 11.3. The van der Waals surface area contributed by atoms with Crippen LogP contribution < -0.4 is 19.8 Å². The highest BCUT2D eigenvalue weighted by atomic mass is 19.1. The summed E-state index contributed by atoms with van der Waals surface area (Å²) in [6.45, 7) is 0. The number of methoxy groups -OCH3 is 2. The molecule has 1 aromatic heterocycles. The maximum Gasteiger partial charge on any atom is 0.166 e. The fourth-order valence-corrected chi connectivity index (χ4v) is 2.20. The van der Waals surface area contributed by atoms with Crippen molar-refractivity contribution in [1.82, 2.24) is 4.98 Å². The molecule has 0 saturated carbocycles. The molecule has 0 fully saturated rings. The predicted octanol–water partition coefficient (Wildman–Crippen LogP) is 3.80. The van der Waals surface area contributed by atoms with E-state index in [0.29, 0.717) is 28.5 Å². The van der Waals surface area contributed by atoms with Gasteiger partial charge in [0.2, 0.25) is 0 Å². The van der Waals surface area contributed by atoms with E-state index < -0.39 is 0 Å². The van der Waals surface area contributed by atoms with Crippen molar-refractivity contribution in [3.05, 3.63) is 54.5 Å². The topological polar surface area (TPSA) is 52.6 Å². The second kappa shape index (κ2) is 6.39. The number of fused-ring (bicyclic) bond motifs is 1. The summed E-state index contributed by atoms with van der Waals surface area (Å²) in [6.07, 6.45) is 1.62. The monoisotopic (exact) mass is 314 g/mol. The normalized spacial score (nSPS) is 10.4. The van der Waals surface area contributed by atoms with E-state index in [9.17, 15) is 4.39 Å². The van der Waals surface area contributed by atoms with Crippen LogP contribution in [0.1, 0.15) is 0 Å². The standard InChI is InChI=1S/C17H15FN2O3/c1-21-16-9-13-14(10-17(16)22-2)19-7-6-15(13)23-20-12-5-3-4-11(18)8-12/h3-10,20H,1-2H3. The van der Waals surface area contributed by atoms with E-state index in [2.05, 4.69) is 10.5 Å². The number of aromatic nitrogens is 1. The Morgan fingerprint density at radius 3 is 2.48 bits per heavy atom. The number of pyridine rings is 1. The largest absolute Gasteiger partial charge is 0.493 e. The van der Waals surface area contributed by atoms with Crippen LogP contribution in [-0.2, 0) is 0 Å². The quantitative estimate of drug-likeness (QED) is 0.726. The fraction of sp³-hybridized carbons (Fsp3) is 0.118. The van der Waals surface area contributed by atoms with Crippen LogP contribution in [0.4, 0.5) is 10.1 Å². The molecule has 3 rings (SSSR count). The van der Waals surface area contributed by atoms with Crippen LogP contribution in [0.5, 0.6) is 17.2 Å². The molecular weight excluding hydrogens is 299 g/mol. The minimum absolute atomic E-state index is 0.343. The first-order valence-corrected chi connectivity index (χ1v) is 6.90. The second-order valence-electron chi connectivity index (χ2n) is 4.75. The molecule has 3 aromatic rings. The second-order valence-corrected chi connectivity index (χ2v) is 4.75. The van der Waals surface area contributed by atoms with Gasteiger partial charge in [0.15, 0.2) is 17.2 Å². The molecule has 118 valence electrons. The molecule has 0 aliphatic rings. The van der Waals surface area contributed by atoms with Gasteiger partial charge in [-0.1, -0.05) is 6.07 Å². The third-order valence-corrected chi connectivity index (χ3v) is 3.31. The van der Waals surface area contributed by atoms with Crippen LogP contribution in [0.25, 0.3) is 10.9 Å². The molecule has 0 unspecified atom stereocenters. The van der Waals surface area contributed by atoms with Gasteiger partial charge >= 0.3 is 0 Å². The highest BCUT2D eigenvalue weighted by molar-refractivity contribution is 5.88. The average molecular weight is 314 g/mol. The van der Waals surface area contributed by atoms with Gasteiger partial charge in [-0.3, -0.25) is 4.98 Å². The Morgan fingerprint density at radius 1 is 0.957 bits per heavy atom. The summed E-state index contributed by atoms with van der Waals surface area (Å²) in [5.74, 6) is 1.36. The molecule has 0 saturated heterocycles. The third kappa shape index (κ3) is 3.11. The lowest BCUT2D eigenvalue weighted by molar-refractivity contribution is 0.355. The molecule has 0 aliphatic carbocycles. The van der Waals surface area contributed by atoms with Crippen molar-refractivity contribution in [2.24, 2.45) is 0 Å². The molecule has 6 heteroatoms. The number of hydrogen-bond donors (Lipinski definition) is 1. The Labute approximate surface area is 132 Å². The van der Waals surface area contributed by atoms with E-state index in [0.717, 1.165) is 5.39 Å². The first-order chi connectivity index (χ1) is 11.2. The number of rotatable bonds is 5. The Morgan fingerprint density at radius 2 is 1.74 bits per heavy atom. The van der Waals surface area contributed by atoms with Crippen LogP contribution in [-0.4, -0.2) is 19.2 Å². The van der Waals surface area contributed by atoms with Gasteiger partial charge in [-0.2, -0.15) is 0 Å². The van der Waals surface area contributed by atoms with Crippen molar-refractivity contribution in [3.63, 3.8) is 0 Å². The van der Waals surface area contributed by atoms with Crippen molar-refractivity contribution in [2.45, 2.75) is 0 Å². The van der Waals surface area contributed by atoms with Crippen molar-refractivity contribution in [2.75, 3.05) is 19.7 Å². The highest BCUT2D eigenvalue weighted by Crippen LogP contribution is 2.35. The molecule has 0 atom stereocenters. The first-order valence-electron chi connectivity index (χ1n) is 6.90. The summed E-state index contributed by atoms with van der Waals surface area (Å²) in [4.78, 5) is 9.87. The molecule has 5 nitrogen and oxygen atoms in total. The molecule has 2 aromatic carbocycles. The minimum atomic E-state index is -0.343. The minimum Gasteiger partial charge on any atom is -0.493 e. The van der Waals surface area contributed by atoms with E-state index in [-0.39, 0.29) is 5.82 Å².